The molecule has 7 aromatic rings. The van der Waals surface area contributed by atoms with Crippen molar-refractivity contribution in [3.05, 3.63) is 198 Å². The Bertz CT molecular complexity index is 2810. The molecule has 0 radical (unpaired) electrons. The standard InChI is InChI=1S/C53H40/c1-53(2)51-18-10-9-17-48(51)49-26-23-35(32-52(49)53)34-21-19-33-20-22-36(30-38(33)29-34)39-27-28-40(42-12-4-3-11-41(39)42)37-24-25-47-45-15-6-5-13-43(45)44-14-7-8-16-46(44)50(47)31-37/h3-7,9-15,17-32,43,45H,8,16H2,1-2H3. The van der Waals surface area contributed by atoms with Crippen molar-refractivity contribution in [1.29, 1.82) is 0 Å². The molecule has 0 spiro atoms. The first-order valence-corrected chi connectivity index (χ1v) is 19.2. The van der Waals surface area contributed by atoms with Crippen molar-refractivity contribution in [2.75, 3.05) is 0 Å². The van der Waals surface area contributed by atoms with Gasteiger partial charge in [-0.2, -0.15) is 0 Å². The van der Waals surface area contributed by atoms with E-state index >= 15 is 0 Å². The third-order valence-corrected chi connectivity index (χ3v) is 12.7. The van der Waals surface area contributed by atoms with Gasteiger partial charge in [0.2, 0.25) is 0 Å². The summed E-state index contributed by atoms with van der Waals surface area (Å²) in [5, 5.41) is 5.12. The number of fused-ring (bicyclic) bond motifs is 10. The lowest BCUT2D eigenvalue weighted by atomic mass is 9.67. The van der Waals surface area contributed by atoms with Crippen LogP contribution in [-0.4, -0.2) is 0 Å². The maximum Gasteiger partial charge on any atom is 0.0159 e. The van der Waals surface area contributed by atoms with Crippen LogP contribution in [0.4, 0.5) is 0 Å². The van der Waals surface area contributed by atoms with Gasteiger partial charge >= 0.3 is 0 Å². The summed E-state index contributed by atoms with van der Waals surface area (Å²) in [4.78, 5) is 0. The van der Waals surface area contributed by atoms with E-state index in [0.29, 0.717) is 11.8 Å². The molecular weight excluding hydrogens is 637 g/mol. The lowest BCUT2D eigenvalue weighted by molar-refractivity contribution is 0.655. The third kappa shape index (κ3) is 4.61. The summed E-state index contributed by atoms with van der Waals surface area (Å²) in [5.41, 5.74) is 19.2. The highest BCUT2D eigenvalue weighted by molar-refractivity contribution is 6.06. The predicted octanol–water partition coefficient (Wildman–Crippen LogP) is 14.2. The van der Waals surface area contributed by atoms with Gasteiger partial charge in [-0.05, 0) is 137 Å². The largest absolute Gasteiger partial charge is 0.0839 e. The molecule has 0 amide bonds. The van der Waals surface area contributed by atoms with Crippen molar-refractivity contribution in [2.24, 2.45) is 5.92 Å². The molecule has 11 rings (SSSR count). The number of benzene rings is 7. The van der Waals surface area contributed by atoms with Crippen molar-refractivity contribution in [2.45, 2.75) is 38.0 Å². The van der Waals surface area contributed by atoms with Gasteiger partial charge in [0.25, 0.3) is 0 Å². The molecule has 0 saturated carbocycles. The van der Waals surface area contributed by atoms with Gasteiger partial charge in [-0.1, -0.05) is 159 Å². The molecule has 4 aliphatic carbocycles. The summed E-state index contributed by atoms with van der Waals surface area (Å²) in [6, 6.07) is 50.8. The molecule has 7 aromatic carbocycles. The van der Waals surface area contributed by atoms with Crippen LogP contribution in [-0.2, 0) is 5.41 Å². The highest BCUT2D eigenvalue weighted by Crippen LogP contribution is 2.51. The Hall–Kier alpha value is -5.98. The smallest absolute Gasteiger partial charge is 0.0159 e. The Balaban J connectivity index is 0.990. The number of hydrogen-bond acceptors (Lipinski definition) is 0. The van der Waals surface area contributed by atoms with E-state index in [0.717, 1.165) is 12.8 Å². The van der Waals surface area contributed by atoms with Crippen LogP contribution in [0.3, 0.4) is 0 Å². The van der Waals surface area contributed by atoms with Gasteiger partial charge in [0.05, 0.1) is 0 Å². The molecule has 53 heavy (non-hydrogen) atoms. The van der Waals surface area contributed by atoms with Crippen LogP contribution in [0.2, 0.25) is 0 Å². The first kappa shape index (κ1) is 30.6. The first-order valence-electron chi connectivity index (χ1n) is 19.2. The molecule has 4 aliphatic rings. The molecule has 0 heterocycles. The predicted molar refractivity (Wildman–Crippen MR) is 225 cm³/mol. The van der Waals surface area contributed by atoms with E-state index in [9.17, 15) is 0 Å². The van der Waals surface area contributed by atoms with E-state index in [1.54, 1.807) is 0 Å². The Morgan fingerprint density at radius 3 is 1.94 bits per heavy atom. The molecule has 0 nitrogen and oxygen atoms in total. The molecule has 0 fully saturated rings. The lowest BCUT2D eigenvalue weighted by Gasteiger charge is -2.36. The van der Waals surface area contributed by atoms with Gasteiger partial charge in [-0.15, -0.1) is 0 Å². The molecule has 0 aliphatic heterocycles. The van der Waals surface area contributed by atoms with Crippen LogP contribution in [0.25, 0.3) is 71.6 Å². The second kappa shape index (κ2) is 11.5. The number of allylic oxidation sites excluding steroid dienone is 8. The Morgan fingerprint density at radius 2 is 1.11 bits per heavy atom. The molecule has 2 unspecified atom stereocenters. The van der Waals surface area contributed by atoms with Gasteiger partial charge in [0.1, 0.15) is 0 Å². The highest BCUT2D eigenvalue weighted by atomic mass is 14.4. The molecule has 2 atom stereocenters. The summed E-state index contributed by atoms with van der Waals surface area (Å²) in [7, 11) is 0. The molecule has 252 valence electrons. The van der Waals surface area contributed by atoms with Gasteiger partial charge < -0.3 is 0 Å². The van der Waals surface area contributed by atoms with E-state index < -0.39 is 0 Å². The maximum absolute atomic E-state index is 2.49. The zero-order chi connectivity index (χ0) is 35.3. The fraction of sp³-hybridized carbons (Fsp3) is 0.132. The topological polar surface area (TPSA) is 0 Å². The van der Waals surface area contributed by atoms with Crippen molar-refractivity contribution in [3.63, 3.8) is 0 Å². The average Bonchev–Trinajstić information content (AvgIpc) is 3.45. The van der Waals surface area contributed by atoms with Crippen molar-refractivity contribution >= 4 is 27.1 Å². The molecule has 0 bridgehead atoms. The van der Waals surface area contributed by atoms with Crippen molar-refractivity contribution < 1.29 is 0 Å². The normalized spacial score (nSPS) is 18.8. The second-order valence-corrected chi connectivity index (χ2v) is 15.9. The van der Waals surface area contributed by atoms with Crippen LogP contribution >= 0.6 is 0 Å². The Kier molecular flexibility index (Phi) is 6.65. The van der Waals surface area contributed by atoms with E-state index in [1.165, 1.54) is 99.5 Å². The molecule has 0 aromatic heterocycles. The molecular formula is C53H40. The lowest BCUT2D eigenvalue weighted by Crippen LogP contribution is -2.21. The highest BCUT2D eigenvalue weighted by Gasteiger charge is 2.36. The Morgan fingerprint density at radius 1 is 0.491 bits per heavy atom. The van der Waals surface area contributed by atoms with Gasteiger partial charge in [0, 0.05) is 17.3 Å². The minimum absolute atomic E-state index is 0.0148. The van der Waals surface area contributed by atoms with Crippen LogP contribution in [0.5, 0.6) is 0 Å². The second-order valence-electron chi connectivity index (χ2n) is 15.9. The van der Waals surface area contributed by atoms with Crippen LogP contribution in [0.1, 0.15) is 54.9 Å². The maximum atomic E-state index is 2.49. The SMILES string of the molecule is CC1(C)c2ccccc2-c2ccc(-c3ccc4ccc(-c5ccc(-c6ccc7c(c6)C6=C(C=CCC6)C6C=CC=CC76)c6ccccc56)cc4c3)cc21. The molecule has 0 saturated heterocycles. The van der Waals surface area contributed by atoms with Crippen LogP contribution in [0.15, 0.2) is 175 Å². The first-order chi connectivity index (χ1) is 26.0. The van der Waals surface area contributed by atoms with Gasteiger partial charge in [-0.25, -0.2) is 0 Å². The quantitative estimate of drug-likeness (QED) is 0.175. The zero-order valence-corrected chi connectivity index (χ0v) is 30.2. The minimum atomic E-state index is -0.0148. The summed E-state index contributed by atoms with van der Waals surface area (Å²) in [5.74, 6) is 0.853. The van der Waals surface area contributed by atoms with Gasteiger partial charge in [-0.3, -0.25) is 0 Å². The average molecular weight is 677 g/mol. The van der Waals surface area contributed by atoms with Crippen LogP contribution in [0, 0.1) is 5.92 Å². The van der Waals surface area contributed by atoms with E-state index in [4.69, 9.17) is 0 Å². The van der Waals surface area contributed by atoms with Gasteiger partial charge in [0.15, 0.2) is 0 Å². The third-order valence-electron chi connectivity index (χ3n) is 12.7. The Labute approximate surface area is 312 Å². The summed E-state index contributed by atoms with van der Waals surface area (Å²) < 4.78 is 0. The van der Waals surface area contributed by atoms with Crippen molar-refractivity contribution in [3.8, 4) is 44.5 Å². The fourth-order valence-electron chi connectivity index (χ4n) is 10.0. The van der Waals surface area contributed by atoms with E-state index in [2.05, 4.69) is 184 Å². The monoisotopic (exact) mass is 676 g/mol. The zero-order valence-electron chi connectivity index (χ0n) is 30.2. The molecule has 0 N–H and O–H groups in total. The summed E-state index contributed by atoms with van der Waals surface area (Å²) in [6.07, 6.45) is 16.3. The van der Waals surface area contributed by atoms with E-state index in [1.807, 2.05) is 0 Å². The molecule has 0 heteroatoms. The fourth-order valence-corrected chi connectivity index (χ4v) is 10.0. The number of rotatable bonds is 3. The summed E-state index contributed by atoms with van der Waals surface area (Å²) >= 11 is 0. The van der Waals surface area contributed by atoms with Crippen LogP contribution < -0.4 is 0 Å². The van der Waals surface area contributed by atoms with E-state index in [-0.39, 0.29) is 5.41 Å². The van der Waals surface area contributed by atoms with Crippen molar-refractivity contribution in [1.82, 2.24) is 0 Å². The summed E-state index contributed by atoms with van der Waals surface area (Å²) in [6.45, 7) is 4.72. The minimum Gasteiger partial charge on any atom is -0.0839 e. The number of hydrogen-bond donors (Lipinski definition) is 0.